The van der Waals surface area contributed by atoms with Crippen molar-refractivity contribution < 1.29 is 24.2 Å². The Morgan fingerprint density at radius 3 is 2.43 bits per heavy atom. The van der Waals surface area contributed by atoms with Crippen LogP contribution in [0.5, 0.6) is 5.75 Å². The van der Waals surface area contributed by atoms with Crippen LogP contribution in [0.4, 0.5) is 4.79 Å². The lowest BCUT2D eigenvalue weighted by molar-refractivity contribution is -0.140. The molecule has 2 amide bonds. The third-order valence-corrected chi connectivity index (χ3v) is 2.80. The van der Waals surface area contributed by atoms with Crippen LogP contribution in [0.1, 0.15) is 5.56 Å². The number of hydrogen-bond donors (Lipinski definition) is 3. The van der Waals surface area contributed by atoms with Crippen LogP contribution in [0, 0.1) is 0 Å². The molecule has 1 aromatic carbocycles. The van der Waals surface area contributed by atoms with Crippen molar-refractivity contribution in [3.63, 3.8) is 0 Å². The molecule has 0 aliphatic rings. The number of ether oxygens (including phenoxy) is 2. The fourth-order valence-electron chi connectivity index (χ4n) is 1.66. The number of carboxylic acid groups (broad SMARTS) is 1. The van der Waals surface area contributed by atoms with Crippen molar-refractivity contribution in [2.45, 2.75) is 12.5 Å². The molecule has 21 heavy (non-hydrogen) atoms. The van der Waals surface area contributed by atoms with Gasteiger partial charge in [0.2, 0.25) is 0 Å². The molecule has 116 valence electrons. The number of nitrogens with one attached hydrogen (secondary N) is 2. The van der Waals surface area contributed by atoms with Gasteiger partial charge in [-0.05, 0) is 24.1 Å². The summed E-state index contributed by atoms with van der Waals surface area (Å²) in [4.78, 5) is 22.4. The highest BCUT2D eigenvalue weighted by molar-refractivity contribution is 5.82. The second kappa shape index (κ2) is 8.80. The van der Waals surface area contributed by atoms with Crippen molar-refractivity contribution in [3.8, 4) is 5.75 Å². The number of urea groups is 1. The highest BCUT2D eigenvalue weighted by Crippen LogP contribution is 2.11. The first-order chi connectivity index (χ1) is 10.1. The third kappa shape index (κ3) is 6.13. The van der Waals surface area contributed by atoms with E-state index in [1.165, 1.54) is 7.11 Å². The second-order valence-electron chi connectivity index (χ2n) is 4.34. The molecule has 7 nitrogen and oxygen atoms in total. The van der Waals surface area contributed by atoms with Gasteiger partial charge >= 0.3 is 12.0 Å². The number of hydrogen-bond acceptors (Lipinski definition) is 4. The minimum atomic E-state index is -1.14. The first-order valence-electron chi connectivity index (χ1n) is 6.46. The summed E-state index contributed by atoms with van der Waals surface area (Å²) in [5, 5.41) is 13.8. The Hall–Kier alpha value is -2.28. The maximum atomic E-state index is 11.6. The van der Waals surface area contributed by atoms with Crippen molar-refractivity contribution in [3.05, 3.63) is 29.8 Å². The molecule has 3 N–H and O–H groups in total. The van der Waals surface area contributed by atoms with E-state index in [2.05, 4.69) is 10.6 Å². The van der Waals surface area contributed by atoms with Crippen LogP contribution < -0.4 is 15.4 Å². The van der Waals surface area contributed by atoms with Gasteiger partial charge in [-0.25, -0.2) is 9.59 Å². The summed E-state index contributed by atoms with van der Waals surface area (Å²) in [7, 11) is 2.97. The summed E-state index contributed by atoms with van der Waals surface area (Å²) in [5.41, 5.74) is 1.04. The second-order valence-corrected chi connectivity index (χ2v) is 4.34. The molecule has 1 unspecified atom stereocenters. The number of carbonyl (C=O) groups excluding carboxylic acids is 1. The van der Waals surface area contributed by atoms with Crippen molar-refractivity contribution in [2.24, 2.45) is 0 Å². The lowest BCUT2D eigenvalue weighted by Crippen LogP contribution is -2.48. The number of carbonyl (C=O) groups is 2. The highest BCUT2D eigenvalue weighted by Gasteiger charge is 2.19. The van der Waals surface area contributed by atoms with Gasteiger partial charge in [0.25, 0.3) is 0 Å². The summed E-state index contributed by atoms with van der Waals surface area (Å²) in [6.45, 7) is 0.318. The molecule has 0 bridgehead atoms. The Labute approximate surface area is 123 Å². The van der Waals surface area contributed by atoms with Gasteiger partial charge in [0.05, 0.1) is 13.7 Å². The lowest BCUT2D eigenvalue weighted by atomic mass is 10.1. The Morgan fingerprint density at radius 2 is 1.90 bits per heavy atom. The molecule has 1 atom stereocenters. The van der Waals surface area contributed by atoms with Gasteiger partial charge in [-0.1, -0.05) is 12.1 Å². The molecule has 0 fully saturated rings. The Bertz CT molecular complexity index is 461. The van der Waals surface area contributed by atoms with Gasteiger partial charge in [0, 0.05) is 13.7 Å². The van der Waals surface area contributed by atoms with Crippen LogP contribution in [0.25, 0.3) is 0 Å². The molecule has 0 radical (unpaired) electrons. The predicted octanol–water partition coefficient (Wildman–Crippen LogP) is 0.636. The number of benzene rings is 1. The van der Waals surface area contributed by atoms with E-state index in [0.717, 1.165) is 11.3 Å². The summed E-state index contributed by atoms with van der Waals surface area (Å²) < 4.78 is 9.78. The van der Waals surface area contributed by atoms with Gasteiger partial charge in [0.1, 0.15) is 5.75 Å². The number of amides is 2. The van der Waals surface area contributed by atoms with Gasteiger partial charge < -0.3 is 25.2 Å². The molecule has 0 aromatic heterocycles. The minimum absolute atomic E-state index is 0.0821. The zero-order valence-corrected chi connectivity index (χ0v) is 12.1. The van der Waals surface area contributed by atoms with Crippen molar-refractivity contribution in [1.29, 1.82) is 0 Å². The first kappa shape index (κ1) is 16.8. The fraction of sp³-hybridized carbons (Fsp3) is 0.429. The van der Waals surface area contributed by atoms with Crippen LogP contribution in [0.2, 0.25) is 0 Å². The lowest BCUT2D eigenvalue weighted by Gasteiger charge is -2.14. The molecule has 1 aromatic rings. The highest BCUT2D eigenvalue weighted by atomic mass is 16.5. The standard InChI is InChI=1S/C14H20N2O5/c1-20-9-12(13(17)18)16-14(19)15-8-7-10-3-5-11(21-2)6-4-10/h3-6,12H,7-9H2,1-2H3,(H,17,18)(H2,15,16,19). The smallest absolute Gasteiger partial charge is 0.328 e. The van der Waals surface area contributed by atoms with E-state index < -0.39 is 18.0 Å². The van der Waals surface area contributed by atoms with E-state index in [0.29, 0.717) is 13.0 Å². The van der Waals surface area contributed by atoms with Crippen LogP contribution >= 0.6 is 0 Å². The quantitative estimate of drug-likeness (QED) is 0.654. The van der Waals surface area contributed by atoms with Crippen LogP contribution in [-0.4, -0.2) is 50.5 Å². The van der Waals surface area contributed by atoms with Gasteiger partial charge in [-0.2, -0.15) is 0 Å². The average molecular weight is 296 g/mol. The largest absolute Gasteiger partial charge is 0.497 e. The van der Waals surface area contributed by atoms with E-state index >= 15 is 0 Å². The van der Waals surface area contributed by atoms with Crippen molar-refractivity contribution in [1.82, 2.24) is 10.6 Å². The SMILES string of the molecule is COCC(NC(=O)NCCc1ccc(OC)cc1)C(=O)O. The molecular weight excluding hydrogens is 276 g/mol. The Morgan fingerprint density at radius 1 is 1.24 bits per heavy atom. The molecule has 1 rings (SSSR count). The summed E-state index contributed by atoms with van der Waals surface area (Å²) in [5.74, 6) is -0.365. The van der Waals surface area contributed by atoms with E-state index in [4.69, 9.17) is 14.6 Å². The van der Waals surface area contributed by atoms with Crippen molar-refractivity contribution in [2.75, 3.05) is 27.4 Å². The molecular formula is C14H20N2O5. The van der Waals surface area contributed by atoms with Crippen molar-refractivity contribution >= 4 is 12.0 Å². The van der Waals surface area contributed by atoms with Crippen LogP contribution in [0.15, 0.2) is 24.3 Å². The number of aliphatic carboxylic acids is 1. The van der Waals surface area contributed by atoms with E-state index in [9.17, 15) is 9.59 Å². The van der Waals surface area contributed by atoms with E-state index in [-0.39, 0.29) is 6.61 Å². The minimum Gasteiger partial charge on any atom is -0.497 e. The van der Waals surface area contributed by atoms with E-state index in [1.54, 1.807) is 7.11 Å². The topological polar surface area (TPSA) is 96.9 Å². The number of rotatable bonds is 8. The van der Waals surface area contributed by atoms with Crippen LogP contribution in [0.3, 0.4) is 0 Å². The fourth-order valence-corrected chi connectivity index (χ4v) is 1.66. The number of carboxylic acids is 1. The predicted molar refractivity (Wildman–Crippen MR) is 76.5 cm³/mol. The van der Waals surface area contributed by atoms with Gasteiger partial charge in [-0.15, -0.1) is 0 Å². The summed E-state index contributed by atoms with van der Waals surface area (Å²) in [6.07, 6.45) is 0.638. The molecule has 0 heterocycles. The Kier molecular flexibility index (Phi) is 7.03. The normalized spacial score (nSPS) is 11.5. The zero-order valence-electron chi connectivity index (χ0n) is 12.1. The maximum absolute atomic E-state index is 11.6. The van der Waals surface area contributed by atoms with Gasteiger partial charge in [0.15, 0.2) is 6.04 Å². The molecule has 0 saturated carbocycles. The monoisotopic (exact) mass is 296 g/mol. The molecule has 0 aliphatic carbocycles. The summed E-state index contributed by atoms with van der Waals surface area (Å²) >= 11 is 0. The molecule has 0 aliphatic heterocycles. The van der Waals surface area contributed by atoms with Crippen LogP contribution in [-0.2, 0) is 16.0 Å². The molecule has 7 heteroatoms. The summed E-state index contributed by atoms with van der Waals surface area (Å²) in [6, 6.07) is 5.90. The Balaban J connectivity index is 2.33. The number of methoxy groups -OCH3 is 2. The molecule has 0 saturated heterocycles. The van der Waals surface area contributed by atoms with E-state index in [1.807, 2.05) is 24.3 Å². The average Bonchev–Trinajstić information content (AvgIpc) is 2.47. The van der Waals surface area contributed by atoms with Gasteiger partial charge in [-0.3, -0.25) is 0 Å². The third-order valence-electron chi connectivity index (χ3n) is 2.80. The zero-order chi connectivity index (χ0) is 15.7. The first-order valence-corrected chi connectivity index (χ1v) is 6.46. The molecule has 0 spiro atoms. The maximum Gasteiger partial charge on any atom is 0.328 e.